The summed E-state index contributed by atoms with van der Waals surface area (Å²) in [6.45, 7) is 8.67. The normalized spacial score (nSPS) is 11.2. The maximum absolute atomic E-state index is 5.96. The highest BCUT2D eigenvalue weighted by atomic mass is 32.2. The first-order chi connectivity index (χ1) is 11.9. The van der Waals surface area contributed by atoms with Crippen LogP contribution >= 0.6 is 11.8 Å². The van der Waals surface area contributed by atoms with Crippen molar-refractivity contribution in [3.8, 4) is 11.8 Å². The SMILES string of the molecule is CCN(CC)c1nc(OCCN(C)C)c(SC)c(OCCN(C)C)n1. The van der Waals surface area contributed by atoms with Crippen LogP contribution in [0.4, 0.5) is 5.95 Å². The van der Waals surface area contributed by atoms with E-state index in [1.54, 1.807) is 11.8 Å². The van der Waals surface area contributed by atoms with E-state index in [9.17, 15) is 0 Å². The van der Waals surface area contributed by atoms with Gasteiger partial charge in [0.1, 0.15) is 18.1 Å². The molecule has 0 spiro atoms. The second-order valence-corrected chi connectivity index (χ2v) is 6.96. The largest absolute Gasteiger partial charge is 0.475 e. The van der Waals surface area contributed by atoms with Crippen molar-refractivity contribution in [3.63, 3.8) is 0 Å². The van der Waals surface area contributed by atoms with Crippen LogP contribution < -0.4 is 14.4 Å². The number of hydrogen-bond acceptors (Lipinski definition) is 8. The summed E-state index contributed by atoms with van der Waals surface area (Å²) in [5.41, 5.74) is 0. The van der Waals surface area contributed by atoms with Gasteiger partial charge in [0.05, 0.1) is 0 Å². The van der Waals surface area contributed by atoms with E-state index in [4.69, 9.17) is 9.47 Å². The van der Waals surface area contributed by atoms with Gasteiger partial charge in [-0.2, -0.15) is 9.97 Å². The molecule has 25 heavy (non-hydrogen) atoms. The minimum Gasteiger partial charge on any atom is -0.475 e. The number of rotatable bonds is 12. The predicted molar refractivity (Wildman–Crippen MR) is 105 cm³/mol. The van der Waals surface area contributed by atoms with Crippen LogP contribution in [0, 0.1) is 0 Å². The van der Waals surface area contributed by atoms with Gasteiger partial charge >= 0.3 is 0 Å². The van der Waals surface area contributed by atoms with Crippen molar-refractivity contribution in [1.82, 2.24) is 19.8 Å². The van der Waals surface area contributed by atoms with Crippen molar-refractivity contribution in [2.24, 2.45) is 0 Å². The Labute approximate surface area is 156 Å². The molecule has 0 aliphatic carbocycles. The van der Waals surface area contributed by atoms with E-state index < -0.39 is 0 Å². The molecule has 0 amide bonds. The second-order valence-electron chi connectivity index (χ2n) is 6.14. The molecule has 0 fully saturated rings. The van der Waals surface area contributed by atoms with E-state index in [2.05, 4.69) is 38.5 Å². The van der Waals surface area contributed by atoms with Gasteiger partial charge in [-0.1, -0.05) is 0 Å². The van der Waals surface area contributed by atoms with Crippen molar-refractivity contribution >= 4 is 17.7 Å². The lowest BCUT2D eigenvalue weighted by Gasteiger charge is -2.22. The summed E-state index contributed by atoms with van der Waals surface area (Å²) in [6, 6.07) is 0. The number of thioether (sulfide) groups is 1. The smallest absolute Gasteiger partial charge is 0.236 e. The molecule has 0 N–H and O–H groups in total. The molecule has 1 rings (SSSR count). The van der Waals surface area contributed by atoms with Crippen LogP contribution in [0.25, 0.3) is 0 Å². The van der Waals surface area contributed by atoms with Gasteiger partial charge in [0.25, 0.3) is 0 Å². The molecule has 0 saturated heterocycles. The summed E-state index contributed by atoms with van der Waals surface area (Å²) in [4.78, 5) is 16.4. The molecule has 0 aromatic carbocycles. The Morgan fingerprint density at radius 1 is 0.840 bits per heavy atom. The summed E-state index contributed by atoms with van der Waals surface area (Å²) in [7, 11) is 8.09. The molecule has 0 atom stereocenters. The summed E-state index contributed by atoms with van der Waals surface area (Å²) in [5.74, 6) is 1.86. The van der Waals surface area contributed by atoms with Crippen LogP contribution in [0.15, 0.2) is 4.90 Å². The summed E-state index contributed by atoms with van der Waals surface area (Å²) >= 11 is 1.55. The van der Waals surface area contributed by atoms with Gasteiger partial charge in [-0.05, 0) is 48.3 Å². The lowest BCUT2D eigenvalue weighted by atomic mass is 10.5. The third kappa shape index (κ3) is 7.25. The molecule has 0 saturated carbocycles. The first-order valence-electron chi connectivity index (χ1n) is 8.68. The topological polar surface area (TPSA) is 54.0 Å². The number of likely N-dealkylation sites (N-methyl/N-ethyl adjacent to an activating group) is 2. The van der Waals surface area contributed by atoms with Crippen molar-refractivity contribution in [3.05, 3.63) is 0 Å². The van der Waals surface area contributed by atoms with Gasteiger partial charge in [-0.25, -0.2) is 0 Å². The number of anilines is 1. The zero-order chi connectivity index (χ0) is 18.8. The molecule has 7 nitrogen and oxygen atoms in total. The van der Waals surface area contributed by atoms with Crippen molar-refractivity contribution in [2.45, 2.75) is 18.7 Å². The maximum atomic E-state index is 5.96. The molecule has 0 aliphatic heterocycles. The number of nitrogens with zero attached hydrogens (tertiary/aromatic N) is 5. The third-order valence-electron chi connectivity index (χ3n) is 3.60. The molecular formula is C17H33N5O2S. The van der Waals surface area contributed by atoms with Crippen molar-refractivity contribution in [2.75, 3.05) is 78.7 Å². The Morgan fingerprint density at radius 2 is 1.28 bits per heavy atom. The van der Waals surface area contributed by atoms with E-state index in [1.165, 1.54) is 0 Å². The van der Waals surface area contributed by atoms with E-state index in [1.807, 2.05) is 34.4 Å². The Balaban J connectivity index is 3.09. The van der Waals surface area contributed by atoms with Crippen LogP contribution in [-0.4, -0.2) is 93.6 Å². The minimum atomic E-state index is 0.576. The zero-order valence-electron chi connectivity index (χ0n) is 16.7. The summed E-state index contributed by atoms with van der Waals surface area (Å²) in [6.07, 6.45) is 1.99. The first kappa shape index (κ1) is 21.8. The summed E-state index contributed by atoms with van der Waals surface area (Å²) in [5, 5.41) is 0. The fraction of sp³-hybridized carbons (Fsp3) is 0.765. The third-order valence-corrected chi connectivity index (χ3v) is 4.35. The highest BCUT2D eigenvalue weighted by Crippen LogP contribution is 2.35. The predicted octanol–water partition coefficient (Wildman–Crippen LogP) is 1.93. The fourth-order valence-electron chi connectivity index (χ4n) is 2.07. The lowest BCUT2D eigenvalue weighted by molar-refractivity contribution is 0.231. The van der Waals surface area contributed by atoms with E-state index in [0.717, 1.165) is 31.1 Å². The second kappa shape index (κ2) is 11.4. The van der Waals surface area contributed by atoms with Crippen LogP contribution in [0.2, 0.25) is 0 Å². The number of ether oxygens (including phenoxy) is 2. The maximum Gasteiger partial charge on any atom is 0.236 e. The zero-order valence-corrected chi connectivity index (χ0v) is 17.5. The molecule has 144 valence electrons. The van der Waals surface area contributed by atoms with Crippen LogP contribution in [0.5, 0.6) is 11.8 Å². The van der Waals surface area contributed by atoms with E-state index in [0.29, 0.717) is 30.9 Å². The highest BCUT2D eigenvalue weighted by molar-refractivity contribution is 7.98. The molecule has 0 bridgehead atoms. The standard InChI is InChI=1S/C17H33N5O2S/c1-8-22(9-2)17-18-15(23-12-10-20(3)4)14(25-7)16(19-17)24-13-11-21(5)6/h8-13H2,1-7H3. The van der Waals surface area contributed by atoms with Gasteiger partial charge < -0.3 is 24.2 Å². The van der Waals surface area contributed by atoms with Gasteiger partial charge in [-0.15, -0.1) is 11.8 Å². The van der Waals surface area contributed by atoms with Crippen LogP contribution in [0.3, 0.4) is 0 Å². The lowest BCUT2D eigenvalue weighted by Crippen LogP contribution is -2.26. The molecule has 1 aromatic heterocycles. The quantitative estimate of drug-likeness (QED) is 0.517. The highest BCUT2D eigenvalue weighted by Gasteiger charge is 2.19. The number of aromatic nitrogens is 2. The Kier molecular flexibility index (Phi) is 9.92. The minimum absolute atomic E-state index is 0.576. The van der Waals surface area contributed by atoms with E-state index >= 15 is 0 Å². The Bertz CT molecular complexity index is 475. The van der Waals surface area contributed by atoms with E-state index in [-0.39, 0.29) is 0 Å². The molecule has 8 heteroatoms. The van der Waals surface area contributed by atoms with Gasteiger partial charge in [0.15, 0.2) is 0 Å². The monoisotopic (exact) mass is 371 g/mol. The Hall–Kier alpha value is -1.25. The Morgan fingerprint density at radius 3 is 1.60 bits per heavy atom. The summed E-state index contributed by atoms with van der Waals surface area (Å²) < 4.78 is 11.9. The first-order valence-corrected chi connectivity index (χ1v) is 9.91. The van der Waals surface area contributed by atoms with Crippen LogP contribution in [-0.2, 0) is 0 Å². The molecule has 0 unspecified atom stereocenters. The van der Waals surface area contributed by atoms with Gasteiger partial charge in [-0.3, -0.25) is 0 Å². The fourth-order valence-corrected chi connectivity index (χ4v) is 2.63. The van der Waals surface area contributed by atoms with Gasteiger partial charge in [0, 0.05) is 26.2 Å². The van der Waals surface area contributed by atoms with Crippen molar-refractivity contribution < 1.29 is 9.47 Å². The van der Waals surface area contributed by atoms with Gasteiger partial charge in [0.2, 0.25) is 17.7 Å². The molecule has 1 aromatic rings. The van der Waals surface area contributed by atoms with Crippen LogP contribution in [0.1, 0.15) is 13.8 Å². The molecule has 0 radical (unpaired) electrons. The average Bonchev–Trinajstić information content (AvgIpc) is 2.55. The average molecular weight is 372 g/mol. The van der Waals surface area contributed by atoms with Crippen molar-refractivity contribution in [1.29, 1.82) is 0 Å². The molecule has 0 aliphatic rings. The molecule has 1 heterocycles. The molecular weight excluding hydrogens is 338 g/mol. The number of hydrogen-bond donors (Lipinski definition) is 0.